The molecule has 0 spiro atoms. The third-order valence-electron chi connectivity index (χ3n) is 5.47. The number of terminal acetylenes is 1. The van der Waals surface area contributed by atoms with E-state index < -0.39 is 6.04 Å². The Labute approximate surface area is 208 Å². The first-order chi connectivity index (χ1) is 16.9. The van der Waals surface area contributed by atoms with Crippen molar-refractivity contribution in [3.63, 3.8) is 0 Å². The van der Waals surface area contributed by atoms with Crippen LogP contribution in [0.25, 0.3) is 0 Å². The molecular weight excluding hydrogens is 464 g/mol. The van der Waals surface area contributed by atoms with E-state index in [0.717, 1.165) is 0 Å². The van der Waals surface area contributed by atoms with E-state index in [1.54, 1.807) is 31.1 Å². The SMILES string of the molecule is C#CCOc1ccccc1C1NC(=S)N(c2ccccc2OC)C(C)=C1C(=O)Nc1cc(C)on1. The number of para-hydroxylation sites is 3. The van der Waals surface area contributed by atoms with Crippen molar-refractivity contribution >= 4 is 34.7 Å². The normalized spacial score (nSPS) is 15.3. The topological polar surface area (TPSA) is 88.9 Å². The van der Waals surface area contributed by atoms with Gasteiger partial charge >= 0.3 is 0 Å². The highest BCUT2D eigenvalue weighted by Crippen LogP contribution is 2.40. The molecule has 2 N–H and O–H groups in total. The minimum atomic E-state index is -0.615. The molecule has 0 fully saturated rings. The van der Waals surface area contributed by atoms with Gasteiger partial charge in [0.05, 0.1) is 24.4 Å². The number of thiocarbonyl (C=S) groups is 1. The summed E-state index contributed by atoms with van der Waals surface area (Å²) in [7, 11) is 1.58. The summed E-state index contributed by atoms with van der Waals surface area (Å²) >= 11 is 5.77. The van der Waals surface area contributed by atoms with E-state index in [2.05, 4.69) is 21.7 Å². The maximum absolute atomic E-state index is 13.7. The molecular formula is C26H24N4O4S. The van der Waals surface area contributed by atoms with Gasteiger partial charge in [0.15, 0.2) is 10.9 Å². The molecule has 1 aromatic heterocycles. The van der Waals surface area contributed by atoms with Crippen molar-refractivity contribution < 1.29 is 18.8 Å². The minimum absolute atomic E-state index is 0.0873. The van der Waals surface area contributed by atoms with Crippen LogP contribution in [0, 0.1) is 19.3 Å². The average Bonchev–Trinajstić information content (AvgIpc) is 3.27. The number of nitrogens with one attached hydrogen (secondary N) is 2. The number of amides is 1. The summed E-state index contributed by atoms with van der Waals surface area (Å²) in [6.45, 7) is 3.67. The summed E-state index contributed by atoms with van der Waals surface area (Å²) < 4.78 is 16.4. The number of carbonyl (C=O) groups is 1. The number of ether oxygens (including phenoxy) is 2. The van der Waals surface area contributed by atoms with Crippen LogP contribution in [0.15, 0.2) is 70.4 Å². The Morgan fingerprint density at radius 3 is 2.63 bits per heavy atom. The molecule has 1 unspecified atom stereocenters. The quantitative estimate of drug-likeness (QED) is 0.375. The van der Waals surface area contributed by atoms with Crippen molar-refractivity contribution in [2.45, 2.75) is 19.9 Å². The van der Waals surface area contributed by atoms with Crippen molar-refractivity contribution in [3.8, 4) is 23.8 Å². The molecule has 2 heterocycles. The number of hydrogen-bond donors (Lipinski definition) is 2. The van der Waals surface area contributed by atoms with Gasteiger partial charge in [-0.3, -0.25) is 9.69 Å². The molecule has 1 amide bonds. The number of hydrogen-bond acceptors (Lipinski definition) is 6. The second-order valence-electron chi connectivity index (χ2n) is 7.70. The fourth-order valence-electron chi connectivity index (χ4n) is 3.95. The number of aromatic nitrogens is 1. The summed E-state index contributed by atoms with van der Waals surface area (Å²) in [5, 5.41) is 10.4. The van der Waals surface area contributed by atoms with Gasteiger partial charge in [-0.1, -0.05) is 41.4 Å². The summed E-state index contributed by atoms with van der Waals surface area (Å²) in [6.07, 6.45) is 5.40. The Morgan fingerprint density at radius 2 is 1.94 bits per heavy atom. The molecule has 2 aromatic carbocycles. The van der Waals surface area contributed by atoms with Gasteiger partial charge in [-0.05, 0) is 44.3 Å². The lowest BCUT2D eigenvalue weighted by Gasteiger charge is -2.38. The van der Waals surface area contributed by atoms with Crippen LogP contribution >= 0.6 is 12.2 Å². The molecule has 4 rings (SSSR count). The molecule has 3 aromatic rings. The van der Waals surface area contributed by atoms with E-state index in [1.807, 2.05) is 49.4 Å². The van der Waals surface area contributed by atoms with E-state index in [9.17, 15) is 4.79 Å². The smallest absolute Gasteiger partial charge is 0.257 e. The predicted molar refractivity (Wildman–Crippen MR) is 137 cm³/mol. The summed E-state index contributed by atoms with van der Waals surface area (Å²) in [6, 6.07) is 15.8. The number of anilines is 2. The second-order valence-corrected chi connectivity index (χ2v) is 8.08. The van der Waals surface area contributed by atoms with Crippen LogP contribution in [-0.2, 0) is 4.79 Å². The molecule has 35 heavy (non-hydrogen) atoms. The van der Waals surface area contributed by atoms with Gasteiger partial charge in [-0.2, -0.15) is 0 Å². The minimum Gasteiger partial charge on any atom is -0.495 e. The number of allylic oxidation sites excluding steroid dienone is 1. The van der Waals surface area contributed by atoms with Gasteiger partial charge in [0, 0.05) is 17.3 Å². The van der Waals surface area contributed by atoms with Crippen molar-refractivity contribution in [1.29, 1.82) is 0 Å². The Hall–Kier alpha value is -4.29. The van der Waals surface area contributed by atoms with E-state index in [4.69, 9.17) is 32.6 Å². The molecule has 178 valence electrons. The van der Waals surface area contributed by atoms with E-state index in [-0.39, 0.29) is 12.5 Å². The molecule has 0 aliphatic carbocycles. The Morgan fingerprint density at radius 1 is 1.23 bits per heavy atom. The zero-order valence-corrected chi connectivity index (χ0v) is 20.3. The number of nitrogens with zero attached hydrogens (tertiary/aromatic N) is 2. The molecule has 1 aliphatic rings. The van der Waals surface area contributed by atoms with Crippen molar-refractivity contribution in [3.05, 3.63) is 77.2 Å². The molecule has 1 aliphatic heterocycles. The summed E-state index contributed by atoms with van der Waals surface area (Å²) in [4.78, 5) is 15.4. The number of benzene rings is 2. The molecule has 0 saturated heterocycles. The lowest BCUT2D eigenvalue weighted by molar-refractivity contribution is -0.113. The molecule has 0 radical (unpaired) electrons. The van der Waals surface area contributed by atoms with Crippen LogP contribution in [0.3, 0.4) is 0 Å². The fourth-order valence-corrected chi connectivity index (χ4v) is 4.31. The zero-order chi connectivity index (χ0) is 24.9. The third-order valence-corrected chi connectivity index (χ3v) is 5.77. The monoisotopic (exact) mass is 488 g/mol. The van der Waals surface area contributed by atoms with Crippen LogP contribution in [0.2, 0.25) is 0 Å². The van der Waals surface area contributed by atoms with Gasteiger partial charge < -0.3 is 24.6 Å². The number of methoxy groups -OCH3 is 1. The first-order valence-corrected chi connectivity index (χ1v) is 11.2. The second kappa shape index (κ2) is 10.3. The average molecular weight is 489 g/mol. The Balaban J connectivity index is 1.85. The van der Waals surface area contributed by atoms with Crippen LogP contribution < -0.4 is 25.0 Å². The highest BCUT2D eigenvalue weighted by molar-refractivity contribution is 7.80. The lowest BCUT2D eigenvalue weighted by atomic mass is 9.93. The predicted octanol–water partition coefficient (Wildman–Crippen LogP) is 4.35. The highest BCUT2D eigenvalue weighted by Gasteiger charge is 2.37. The van der Waals surface area contributed by atoms with Gasteiger partial charge in [0.1, 0.15) is 23.9 Å². The van der Waals surface area contributed by atoms with Gasteiger partial charge in [0.2, 0.25) is 0 Å². The van der Waals surface area contributed by atoms with Crippen LogP contribution in [0.5, 0.6) is 11.5 Å². The maximum Gasteiger partial charge on any atom is 0.257 e. The number of carbonyl (C=O) groups excluding carboxylic acids is 1. The van der Waals surface area contributed by atoms with Gasteiger partial charge in [-0.25, -0.2) is 0 Å². The molecule has 1 atom stereocenters. The number of rotatable bonds is 7. The standard InChI is InChI=1S/C26H24N4O4S/c1-5-14-33-20-12-8-6-10-18(20)24-23(25(31)27-22-15-16(2)34-29-22)17(3)30(26(35)28-24)19-11-7-9-13-21(19)32-4/h1,6-13,15,24H,14H2,2-4H3,(H,28,35)(H,27,29,31). The molecule has 9 heteroatoms. The van der Waals surface area contributed by atoms with Crippen LogP contribution in [-0.4, -0.2) is 29.9 Å². The van der Waals surface area contributed by atoms with Crippen LogP contribution in [0.4, 0.5) is 11.5 Å². The largest absolute Gasteiger partial charge is 0.495 e. The summed E-state index contributed by atoms with van der Waals surface area (Å²) in [5.41, 5.74) is 2.45. The lowest BCUT2D eigenvalue weighted by Crippen LogP contribution is -2.48. The molecule has 8 nitrogen and oxygen atoms in total. The Bertz CT molecular complexity index is 1340. The first kappa shape index (κ1) is 23.9. The number of aryl methyl sites for hydroxylation is 1. The first-order valence-electron chi connectivity index (χ1n) is 10.8. The van der Waals surface area contributed by atoms with Crippen molar-refractivity contribution in [1.82, 2.24) is 10.5 Å². The maximum atomic E-state index is 13.7. The van der Waals surface area contributed by atoms with E-state index in [0.29, 0.717) is 50.7 Å². The third kappa shape index (κ3) is 4.83. The Kier molecular flexibility index (Phi) is 7.03. The summed E-state index contributed by atoms with van der Waals surface area (Å²) in [5.74, 6) is 4.14. The van der Waals surface area contributed by atoms with E-state index in [1.165, 1.54) is 0 Å². The van der Waals surface area contributed by atoms with Gasteiger partial charge in [0.25, 0.3) is 5.91 Å². The molecule has 0 saturated carbocycles. The van der Waals surface area contributed by atoms with Crippen molar-refractivity contribution in [2.24, 2.45) is 0 Å². The van der Waals surface area contributed by atoms with Crippen LogP contribution in [0.1, 0.15) is 24.3 Å². The zero-order valence-electron chi connectivity index (χ0n) is 19.5. The fraction of sp³-hybridized carbons (Fsp3) is 0.192. The van der Waals surface area contributed by atoms with E-state index >= 15 is 0 Å². The highest BCUT2D eigenvalue weighted by atomic mass is 32.1. The van der Waals surface area contributed by atoms with Crippen molar-refractivity contribution in [2.75, 3.05) is 23.9 Å². The van der Waals surface area contributed by atoms with Gasteiger partial charge in [-0.15, -0.1) is 6.42 Å². The molecule has 0 bridgehead atoms.